The molecule has 6 heteroatoms. The fraction of sp³-hybridized carbons (Fsp3) is 0.474. The molecule has 0 aliphatic carbocycles. The predicted octanol–water partition coefficient (Wildman–Crippen LogP) is 1.70. The smallest absolute Gasteiger partial charge is 0.329 e. The average molecular weight is 342 g/mol. The molecule has 0 saturated carbocycles. The van der Waals surface area contributed by atoms with E-state index in [9.17, 15) is 9.59 Å². The quantitative estimate of drug-likeness (QED) is 0.900. The molecule has 2 heterocycles. The van der Waals surface area contributed by atoms with Crippen LogP contribution in [0.25, 0.3) is 11.3 Å². The second-order valence-electron chi connectivity index (χ2n) is 6.45. The first-order valence-electron chi connectivity index (χ1n) is 9.00. The van der Waals surface area contributed by atoms with Crippen LogP contribution in [0.5, 0.6) is 0 Å². The Hall–Kier alpha value is -2.34. The van der Waals surface area contributed by atoms with Crippen molar-refractivity contribution in [3.05, 3.63) is 46.5 Å². The first-order chi connectivity index (χ1) is 12.1. The van der Waals surface area contributed by atoms with Gasteiger partial charge in [0.1, 0.15) is 5.69 Å². The largest absolute Gasteiger partial charge is 0.335 e. The molecular weight excluding hydrogens is 316 g/mol. The van der Waals surface area contributed by atoms with E-state index in [1.165, 1.54) is 0 Å². The van der Waals surface area contributed by atoms with Gasteiger partial charge in [0.25, 0.3) is 5.91 Å². The van der Waals surface area contributed by atoms with Crippen LogP contribution in [0.2, 0.25) is 0 Å². The van der Waals surface area contributed by atoms with Crippen LogP contribution in [-0.2, 0) is 13.6 Å². The summed E-state index contributed by atoms with van der Waals surface area (Å²) in [6.45, 7) is 5.58. The number of amides is 1. The Balaban J connectivity index is 2.13. The van der Waals surface area contributed by atoms with E-state index in [1.807, 2.05) is 35.2 Å². The van der Waals surface area contributed by atoms with Crippen molar-refractivity contribution in [2.24, 2.45) is 7.05 Å². The van der Waals surface area contributed by atoms with E-state index in [4.69, 9.17) is 0 Å². The second-order valence-corrected chi connectivity index (χ2v) is 6.45. The summed E-state index contributed by atoms with van der Waals surface area (Å²) < 4.78 is 3.27. The molecule has 1 N–H and O–H groups in total. The van der Waals surface area contributed by atoms with Crippen molar-refractivity contribution in [1.82, 2.24) is 19.4 Å². The highest BCUT2D eigenvalue weighted by Gasteiger charge is 2.28. The van der Waals surface area contributed by atoms with Crippen LogP contribution in [-0.4, -0.2) is 46.1 Å². The van der Waals surface area contributed by atoms with Crippen molar-refractivity contribution < 1.29 is 4.79 Å². The van der Waals surface area contributed by atoms with Gasteiger partial charge in [0, 0.05) is 45.3 Å². The number of carbonyl (C=O) groups is 1. The van der Waals surface area contributed by atoms with Crippen molar-refractivity contribution in [3.63, 3.8) is 0 Å². The van der Waals surface area contributed by atoms with E-state index in [0.717, 1.165) is 31.5 Å². The Kier molecular flexibility index (Phi) is 5.38. The molecule has 1 aliphatic heterocycles. The summed E-state index contributed by atoms with van der Waals surface area (Å²) in [7, 11) is 1.75. The maximum atomic E-state index is 13.3. The van der Waals surface area contributed by atoms with E-state index in [0.29, 0.717) is 31.0 Å². The SMILES string of the molecule is CCCCn1c(C(=O)N2CCNCC2)c(-c2ccccc2)n(C)c1=O. The summed E-state index contributed by atoms with van der Waals surface area (Å²) in [5, 5.41) is 3.27. The summed E-state index contributed by atoms with van der Waals surface area (Å²) in [6, 6.07) is 9.71. The number of nitrogens with zero attached hydrogens (tertiary/aromatic N) is 3. The number of hydrogen-bond acceptors (Lipinski definition) is 3. The van der Waals surface area contributed by atoms with Crippen molar-refractivity contribution in [3.8, 4) is 11.3 Å². The van der Waals surface area contributed by atoms with E-state index in [2.05, 4.69) is 12.2 Å². The molecule has 1 saturated heterocycles. The number of imidazole rings is 1. The topological polar surface area (TPSA) is 59.3 Å². The molecule has 0 atom stereocenters. The standard InChI is InChI=1S/C19H26N4O2/c1-3-4-12-23-17(18(24)22-13-10-20-11-14-22)16(21(2)19(23)25)15-8-6-5-7-9-15/h5-9,20H,3-4,10-14H2,1-2H3. The van der Waals surface area contributed by atoms with Crippen LogP contribution in [0.15, 0.2) is 35.1 Å². The zero-order valence-corrected chi connectivity index (χ0v) is 15.0. The zero-order chi connectivity index (χ0) is 17.8. The number of unbranched alkanes of at least 4 members (excludes halogenated alkanes) is 1. The first kappa shape index (κ1) is 17.5. The molecule has 0 spiro atoms. The number of benzene rings is 1. The van der Waals surface area contributed by atoms with Gasteiger partial charge in [0.2, 0.25) is 0 Å². The molecule has 1 aliphatic rings. The Bertz CT molecular complexity index is 786. The molecule has 6 nitrogen and oxygen atoms in total. The predicted molar refractivity (Wildman–Crippen MR) is 98.8 cm³/mol. The van der Waals surface area contributed by atoms with Crippen LogP contribution in [0, 0.1) is 0 Å². The Morgan fingerprint density at radius 1 is 1.16 bits per heavy atom. The van der Waals surface area contributed by atoms with Gasteiger partial charge in [0.05, 0.1) is 5.69 Å². The van der Waals surface area contributed by atoms with Crippen LogP contribution < -0.4 is 11.0 Å². The van der Waals surface area contributed by atoms with Crippen molar-refractivity contribution in [1.29, 1.82) is 0 Å². The lowest BCUT2D eigenvalue weighted by molar-refractivity contribution is 0.0725. The Morgan fingerprint density at radius 3 is 2.48 bits per heavy atom. The first-order valence-corrected chi connectivity index (χ1v) is 9.00. The summed E-state index contributed by atoms with van der Waals surface area (Å²) in [6.07, 6.45) is 1.85. The molecule has 1 aromatic heterocycles. The van der Waals surface area contributed by atoms with Crippen LogP contribution in [0.3, 0.4) is 0 Å². The number of nitrogens with one attached hydrogen (secondary N) is 1. The molecule has 2 aromatic rings. The number of hydrogen-bond donors (Lipinski definition) is 1. The molecule has 0 radical (unpaired) electrons. The fourth-order valence-corrected chi connectivity index (χ4v) is 3.34. The summed E-state index contributed by atoms with van der Waals surface area (Å²) in [4.78, 5) is 27.9. The Morgan fingerprint density at radius 2 is 1.84 bits per heavy atom. The average Bonchev–Trinajstić information content (AvgIpc) is 2.91. The third-order valence-corrected chi connectivity index (χ3v) is 4.74. The molecule has 1 amide bonds. The van der Waals surface area contributed by atoms with Gasteiger partial charge in [-0.3, -0.25) is 13.9 Å². The summed E-state index contributed by atoms with van der Waals surface area (Å²) in [5.41, 5.74) is 2.01. The lowest BCUT2D eigenvalue weighted by Crippen LogP contribution is -2.47. The molecule has 3 rings (SSSR count). The van der Waals surface area contributed by atoms with Gasteiger partial charge >= 0.3 is 5.69 Å². The van der Waals surface area contributed by atoms with Gasteiger partial charge in [-0.2, -0.15) is 0 Å². The van der Waals surface area contributed by atoms with Crippen molar-refractivity contribution in [2.75, 3.05) is 26.2 Å². The third-order valence-electron chi connectivity index (χ3n) is 4.74. The van der Waals surface area contributed by atoms with Crippen molar-refractivity contribution in [2.45, 2.75) is 26.3 Å². The van der Waals surface area contributed by atoms with Gasteiger partial charge in [0.15, 0.2) is 0 Å². The second kappa shape index (κ2) is 7.70. The van der Waals surface area contributed by atoms with Gasteiger partial charge in [-0.1, -0.05) is 43.7 Å². The summed E-state index contributed by atoms with van der Waals surface area (Å²) in [5.74, 6) is -0.0471. The van der Waals surface area contributed by atoms with Crippen molar-refractivity contribution >= 4 is 5.91 Å². The van der Waals surface area contributed by atoms with Gasteiger partial charge in [-0.25, -0.2) is 4.79 Å². The van der Waals surface area contributed by atoms with Crippen LogP contribution >= 0.6 is 0 Å². The minimum atomic E-state index is -0.120. The normalized spacial score (nSPS) is 14.7. The molecule has 0 unspecified atom stereocenters. The molecule has 0 bridgehead atoms. The van der Waals surface area contributed by atoms with Crippen LogP contribution in [0.1, 0.15) is 30.3 Å². The van der Waals surface area contributed by atoms with E-state index in [-0.39, 0.29) is 11.6 Å². The number of aromatic nitrogens is 2. The van der Waals surface area contributed by atoms with Gasteiger partial charge in [-0.15, -0.1) is 0 Å². The molecule has 1 fully saturated rings. The molecular formula is C19H26N4O2. The molecule has 134 valence electrons. The summed E-state index contributed by atoms with van der Waals surface area (Å²) >= 11 is 0. The number of piperazine rings is 1. The molecule has 25 heavy (non-hydrogen) atoms. The van der Waals surface area contributed by atoms with Gasteiger partial charge < -0.3 is 10.2 Å². The third kappa shape index (κ3) is 3.39. The minimum absolute atomic E-state index is 0.0471. The monoisotopic (exact) mass is 342 g/mol. The highest BCUT2D eigenvalue weighted by molar-refractivity contribution is 5.98. The van der Waals surface area contributed by atoms with Gasteiger partial charge in [-0.05, 0) is 6.42 Å². The molecule has 1 aromatic carbocycles. The van der Waals surface area contributed by atoms with E-state index in [1.54, 1.807) is 16.2 Å². The highest BCUT2D eigenvalue weighted by atomic mass is 16.2. The lowest BCUT2D eigenvalue weighted by atomic mass is 10.1. The van der Waals surface area contributed by atoms with E-state index >= 15 is 0 Å². The lowest BCUT2D eigenvalue weighted by Gasteiger charge is -2.28. The number of carbonyl (C=O) groups excluding carboxylic acids is 1. The maximum absolute atomic E-state index is 13.3. The zero-order valence-electron chi connectivity index (χ0n) is 15.0. The van der Waals surface area contributed by atoms with E-state index < -0.39 is 0 Å². The Labute approximate surface area is 148 Å². The minimum Gasteiger partial charge on any atom is -0.335 e. The fourth-order valence-electron chi connectivity index (χ4n) is 3.34. The highest BCUT2D eigenvalue weighted by Crippen LogP contribution is 2.24. The number of rotatable bonds is 5. The van der Waals surface area contributed by atoms with Crippen LogP contribution in [0.4, 0.5) is 0 Å². The maximum Gasteiger partial charge on any atom is 0.329 e.